The molecule has 25 heavy (non-hydrogen) atoms. The van der Waals surface area contributed by atoms with Crippen molar-refractivity contribution >= 4 is 23.4 Å². The number of primary amides is 1. The van der Waals surface area contributed by atoms with Gasteiger partial charge in [-0.15, -0.1) is 0 Å². The number of hydrogen-bond acceptors (Lipinski definition) is 4. The number of benzene rings is 1. The summed E-state index contributed by atoms with van der Waals surface area (Å²) in [7, 11) is 1.56. The number of carbonyl (C=O) groups excluding carboxylic acids is 3. The Labute approximate surface area is 146 Å². The molecule has 2 aliphatic heterocycles. The van der Waals surface area contributed by atoms with E-state index in [2.05, 4.69) is 0 Å². The van der Waals surface area contributed by atoms with E-state index in [0.29, 0.717) is 37.5 Å². The van der Waals surface area contributed by atoms with Gasteiger partial charge in [-0.3, -0.25) is 14.4 Å². The van der Waals surface area contributed by atoms with Crippen molar-refractivity contribution in [1.29, 1.82) is 0 Å². The van der Waals surface area contributed by atoms with Gasteiger partial charge in [-0.05, 0) is 31.0 Å². The number of ether oxygens (including phenoxy) is 1. The number of carbonyl (C=O) groups is 3. The van der Waals surface area contributed by atoms with Crippen molar-refractivity contribution in [2.24, 2.45) is 17.6 Å². The third kappa shape index (κ3) is 3.31. The first-order valence-corrected chi connectivity index (χ1v) is 8.43. The predicted octanol–water partition coefficient (Wildman–Crippen LogP) is 0.690. The molecule has 3 rings (SSSR count). The molecule has 0 aliphatic carbocycles. The van der Waals surface area contributed by atoms with Crippen LogP contribution >= 0.6 is 0 Å². The van der Waals surface area contributed by atoms with E-state index >= 15 is 0 Å². The Hall–Kier alpha value is -2.57. The van der Waals surface area contributed by atoms with E-state index in [4.69, 9.17) is 10.5 Å². The van der Waals surface area contributed by atoms with Gasteiger partial charge in [-0.2, -0.15) is 0 Å². The highest BCUT2D eigenvalue weighted by Gasteiger charge is 2.40. The van der Waals surface area contributed by atoms with Gasteiger partial charge in [0.15, 0.2) is 0 Å². The Morgan fingerprint density at radius 3 is 2.64 bits per heavy atom. The Kier molecular flexibility index (Phi) is 4.65. The molecule has 7 nitrogen and oxygen atoms in total. The first kappa shape index (κ1) is 17.3. The first-order valence-electron chi connectivity index (χ1n) is 8.43. The summed E-state index contributed by atoms with van der Waals surface area (Å²) in [5, 5.41) is 0. The molecule has 2 heterocycles. The van der Waals surface area contributed by atoms with Gasteiger partial charge in [0.25, 0.3) is 0 Å². The van der Waals surface area contributed by atoms with Gasteiger partial charge in [0.05, 0.1) is 24.6 Å². The highest BCUT2D eigenvalue weighted by molar-refractivity contribution is 6.01. The minimum atomic E-state index is -0.399. The molecule has 7 heteroatoms. The number of nitrogens with two attached hydrogens (primary N) is 1. The van der Waals surface area contributed by atoms with Crippen molar-refractivity contribution in [3.05, 3.63) is 23.8 Å². The molecule has 0 unspecified atom stereocenters. The number of rotatable bonds is 4. The van der Waals surface area contributed by atoms with Crippen LogP contribution in [-0.4, -0.2) is 49.4 Å². The van der Waals surface area contributed by atoms with Crippen LogP contribution in [0.2, 0.25) is 0 Å². The van der Waals surface area contributed by atoms with Gasteiger partial charge in [-0.25, -0.2) is 0 Å². The van der Waals surface area contributed by atoms with Gasteiger partial charge >= 0.3 is 0 Å². The summed E-state index contributed by atoms with van der Waals surface area (Å²) in [6.45, 7) is 3.15. The minimum Gasteiger partial charge on any atom is -0.495 e. The lowest BCUT2D eigenvalue weighted by molar-refractivity contribution is -0.135. The Bertz CT molecular complexity index is 718. The zero-order valence-corrected chi connectivity index (χ0v) is 14.5. The summed E-state index contributed by atoms with van der Waals surface area (Å²) < 4.78 is 5.36. The molecule has 2 saturated heterocycles. The summed E-state index contributed by atoms with van der Waals surface area (Å²) in [5.74, 6) is -0.608. The van der Waals surface area contributed by atoms with Crippen molar-refractivity contribution in [2.75, 3.05) is 31.6 Å². The van der Waals surface area contributed by atoms with Crippen molar-refractivity contribution in [3.63, 3.8) is 0 Å². The highest BCUT2D eigenvalue weighted by atomic mass is 16.5. The quantitative estimate of drug-likeness (QED) is 0.869. The van der Waals surface area contributed by atoms with Gasteiger partial charge in [0, 0.05) is 26.1 Å². The topological polar surface area (TPSA) is 92.9 Å². The molecule has 0 aromatic heterocycles. The van der Waals surface area contributed by atoms with Crippen LogP contribution in [0.3, 0.4) is 0 Å². The number of methoxy groups -OCH3 is 1. The molecule has 2 atom stereocenters. The number of hydrogen-bond donors (Lipinski definition) is 1. The van der Waals surface area contributed by atoms with Crippen LogP contribution in [0.4, 0.5) is 5.69 Å². The lowest BCUT2D eigenvalue weighted by atomic mass is 10.1. The molecular weight excluding hydrogens is 322 g/mol. The average Bonchev–Trinajstić information content (AvgIpc) is 3.21. The SMILES string of the molecule is COc1ccc(C)cc1N1C[C@H](C(=O)N2CC[C@@H](C(N)=O)C2)CC1=O. The molecule has 0 spiro atoms. The summed E-state index contributed by atoms with van der Waals surface area (Å²) in [5.41, 5.74) is 7.04. The average molecular weight is 345 g/mol. The van der Waals surface area contributed by atoms with Gasteiger partial charge in [-0.1, -0.05) is 6.07 Å². The van der Waals surface area contributed by atoms with Crippen molar-refractivity contribution in [3.8, 4) is 5.75 Å². The van der Waals surface area contributed by atoms with E-state index in [1.807, 2.05) is 25.1 Å². The van der Waals surface area contributed by atoms with Crippen molar-refractivity contribution in [1.82, 2.24) is 4.90 Å². The number of amides is 3. The van der Waals surface area contributed by atoms with Crippen LogP contribution in [0, 0.1) is 18.8 Å². The lowest BCUT2D eigenvalue weighted by Crippen LogP contribution is -2.37. The molecular formula is C18H23N3O4. The second-order valence-electron chi connectivity index (χ2n) is 6.75. The second-order valence-corrected chi connectivity index (χ2v) is 6.75. The molecule has 2 N–H and O–H groups in total. The van der Waals surface area contributed by atoms with E-state index in [-0.39, 0.29) is 30.1 Å². The zero-order valence-electron chi connectivity index (χ0n) is 14.5. The molecule has 134 valence electrons. The van der Waals surface area contributed by atoms with E-state index < -0.39 is 5.92 Å². The molecule has 1 aromatic carbocycles. The van der Waals surface area contributed by atoms with Crippen LogP contribution < -0.4 is 15.4 Å². The summed E-state index contributed by atoms with van der Waals surface area (Å²) in [6.07, 6.45) is 0.769. The maximum atomic E-state index is 12.7. The van der Waals surface area contributed by atoms with Crippen LogP contribution in [0.1, 0.15) is 18.4 Å². The zero-order chi connectivity index (χ0) is 18.1. The maximum Gasteiger partial charge on any atom is 0.228 e. The highest BCUT2D eigenvalue weighted by Crippen LogP contribution is 2.34. The summed E-state index contributed by atoms with van der Waals surface area (Å²) in [4.78, 5) is 39.8. The molecule has 2 fully saturated rings. The van der Waals surface area contributed by atoms with E-state index in [1.165, 1.54) is 0 Å². The van der Waals surface area contributed by atoms with E-state index in [9.17, 15) is 14.4 Å². The largest absolute Gasteiger partial charge is 0.495 e. The van der Waals surface area contributed by atoms with Gasteiger partial charge in [0.2, 0.25) is 17.7 Å². The number of aryl methyl sites for hydroxylation is 1. The standard InChI is InChI=1S/C18H23N3O4/c1-11-3-4-15(25-2)14(7-11)21-10-13(8-16(21)22)18(24)20-6-5-12(9-20)17(19)23/h3-4,7,12-13H,5-6,8-10H2,1-2H3,(H2,19,23)/t12-,13-/m1/s1. The molecule has 0 radical (unpaired) electrons. The lowest BCUT2D eigenvalue weighted by Gasteiger charge is -2.22. The summed E-state index contributed by atoms with van der Waals surface area (Å²) >= 11 is 0. The van der Waals surface area contributed by atoms with E-state index in [0.717, 1.165) is 5.56 Å². The smallest absolute Gasteiger partial charge is 0.228 e. The van der Waals surface area contributed by atoms with Gasteiger partial charge < -0.3 is 20.3 Å². The monoisotopic (exact) mass is 345 g/mol. The number of likely N-dealkylation sites (tertiary alicyclic amines) is 1. The molecule has 2 aliphatic rings. The van der Waals surface area contributed by atoms with Crippen LogP contribution in [0.15, 0.2) is 18.2 Å². The normalized spacial score (nSPS) is 23.2. The van der Waals surface area contributed by atoms with Crippen LogP contribution in [-0.2, 0) is 14.4 Å². The minimum absolute atomic E-state index is 0.0776. The van der Waals surface area contributed by atoms with E-state index in [1.54, 1.807) is 16.9 Å². The van der Waals surface area contributed by atoms with Crippen molar-refractivity contribution < 1.29 is 19.1 Å². The molecule has 0 bridgehead atoms. The Morgan fingerprint density at radius 2 is 2.00 bits per heavy atom. The molecule has 1 aromatic rings. The second kappa shape index (κ2) is 6.74. The first-order chi connectivity index (χ1) is 11.9. The summed E-state index contributed by atoms with van der Waals surface area (Å²) in [6, 6.07) is 5.63. The third-order valence-corrected chi connectivity index (χ3v) is 5.00. The third-order valence-electron chi connectivity index (χ3n) is 5.00. The number of anilines is 1. The fraction of sp³-hybridized carbons (Fsp3) is 0.500. The fourth-order valence-corrected chi connectivity index (χ4v) is 3.57. The van der Waals surface area contributed by atoms with Gasteiger partial charge in [0.1, 0.15) is 5.75 Å². The Morgan fingerprint density at radius 1 is 1.24 bits per heavy atom. The van der Waals surface area contributed by atoms with Crippen molar-refractivity contribution in [2.45, 2.75) is 19.8 Å². The molecule has 3 amide bonds. The fourth-order valence-electron chi connectivity index (χ4n) is 3.57. The van der Waals surface area contributed by atoms with Crippen LogP contribution in [0.25, 0.3) is 0 Å². The molecule has 0 saturated carbocycles. The number of nitrogens with zero attached hydrogens (tertiary/aromatic N) is 2. The maximum absolute atomic E-state index is 12.7. The Balaban J connectivity index is 1.74. The predicted molar refractivity (Wildman–Crippen MR) is 92.1 cm³/mol. The van der Waals surface area contributed by atoms with Crippen LogP contribution in [0.5, 0.6) is 5.75 Å².